The zero-order valence-electron chi connectivity index (χ0n) is 16.6. The molecule has 0 bridgehead atoms. The first-order valence-electron chi connectivity index (χ1n) is 10.4. The first-order valence-corrected chi connectivity index (χ1v) is 10.4. The fraction of sp³-hybridized carbons (Fsp3) is 0.818. The van der Waals surface area contributed by atoms with Crippen LogP contribution in [-0.2, 0) is 9.47 Å². The summed E-state index contributed by atoms with van der Waals surface area (Å²) in [4.78, 5) is 0. The van der Waals surface area contributed by atoms with Crippen molar-refractivity contribution in [2.75, 3.05) is 13.2 Å². The van der Waals surface area contributed by atoms with Crippen LogP contribution in [-0.4, -0.2) is 19.5 Å². The lowest BCUT2D eigenvalue weighted by atomic mass is 10.1. The van der Waals surface area contributed by atoms with E-state index in [1.807, 2.05) is 0 Å². The monoisotopic (exact) mass is 338 g/mol. The normalized spacial score (nSPS) is 12.2. The van der Waals surface area contributed by atoms with Crippen molar-refractivity contribution in [1.29, 1.82) is 0 Å². The molecular weight excluding hydrogens is 296 g/mol. The Hall–Kier alpha value is -0.600. The number of allylic oxidation sites excluding steroid dienone is 4. The zero-order chi connectivity index (χ0) is 17.7. The molecule has 0 aliphatic carbocycles. The van der Waals surface area contributed by atoms with Crippen LogP contribution in [0.1, 0.15) is 97.8 Å². The van der Waals surface area contributed by atoms with Gasteiger partial charge in [-0.05, 0) is 44.9 Å². The molecule has 0 unspecified atom stereocenters. The maximum atomic E-state index is 5.77. The van der Waals surface area contributed by atoms with Crippen molar-refractivity contribution in [2.24, 2.45) is 0 Å². The molecule has 0 spiro atoms. The standard InChI is InChI=1S/C22H42O2/c1-4-7-8-9-10-11-12-13-14-15-16-17-18-19-22(23-20-5-2)24-21-6-3/h7-10,22H,4-6,11-21H2,1-3H3. The molecule has 0 heterocycles. The predicted octanol–water partition coefficient (Wildman–Crippen LogP) is 7.20. The van der Waals surface area contributed by atoms with Gasteiger partial charge < -0.3 is 9.47 Å². The van der Waals surface area contributed by atoms with Crippen LogP contribution in [0.4, 0.5) is 0 Å². The molecule has 0 aromatic heterocycles. The highest BCUT2D eigenvalue weighted by Crippen LogP contribution is 2.13. The molecule has 0 aromatic carbocycles. The Bertz CT molecular complexity index is 276. The third-order valence-corrected chi connectivity index (χ3v) is 3.95. The summed E-state index contributed by atoms with van der Waals surface area (Å²) in [7, 11) is 0. The largest absolute Gasteiger partial charge is 0.353 e. The molecule has 0 aliphatic heterocycles. The highest BCUT2D eigenvalue weighted by atomic mass is 16.7. The predicted molar refractivity (Wildman–Crippen MR) is 106 cm³/mol. The summed E-state index contributed by atoms with van der Waals surface area (Å²) in [5.41, 5.74) is 0. The lowest BCUT2D eigenvalue weighted by molar-refractivity contribution is -0.146. The van der Waals surface area contributed by atoms with Gasteiger partial charge in [0.1, 0.15) is 0 Å². The van der Waals surface area contributed by atoms with Gasteiger partial charge in [-0.1, -0.05) is 77.2 Å². The van der Waals surface area contributed by atoms with E-state index in [1.54, 1.807) is 0 Å². The van der Waals surface area contributed by atoms with Crippen LogP contribution in [0.3, 0.4) is 0 Å². The molecule has 2 nitrogen and oxygen atoms in total. The summed E-state index contributed by atoms with van der Waals surface area (Å²) in [6.45, 7) is 8.10. The van der Waals surface area contributed by atoms with Gasteiger partial charge in [0.15, 0.2) is 6.29 Å². The number of unbranched alkanes of at least 4 members (excludes halogenated alkanes) is 7. The third kappa shape index (κ3) is 17.7. The van der Waals surface area contributed by atoms with Crippen LogP contribution in [0.5, 0.6) is 0 Å². The Kier molecular flexibility index (Phi) is 19.9. The van der Waals surface area contributed by atoms with Crippen LogP contribution in [0, 0.1) is 0 Å². The minimum Gasteiger partial charge on any atom is -0.353 e. The van der Waals surface area contributed by atoms with Gasteiger partial charge in [-0.2, -0.15) is 0 Å². The van der Waals surface area contributed by atoms with Gasteiger partial charge in [-0.15, -0.1) is 0 Å². The first kappa shape index (κ1) is 23.4. The maximum absolute atomic E-state index is 5.77. The van der Waals surface area contributed by atoms with Crippen LogP contribution >= 0.6 is 0 Å². The average molecular weight is 339 g/mol. The Labute approximate surface area is 151 Å². The molecule has 24 heavy (non-hydrogen) atoms. The number of ether oxygens (including phenoxy) is 2. The molecule has 0 rings (SSSR count). The van der Waals surface area contributed by atoms with Crippen molar-refractivity contribution < 1.29 is 9.47 Å². The minimum absolute atomic E-state index is 0.0263. The number of hydrogen-bond acceptors (Lipinski definition) is 2. The van der Waals surface area contributed by atoms with E-state index in [-0.39, 0.29) is 6.29 Å². The maximum Gasteiger partial charge on any atom is 0.157 e. The van der Waals surface area contributed by atoms with Gasteiger partial charge in [0, 0.05) is 13.2 Å². The molecule has 0 aromatic rings. The van der Waals surface area contributed by atoms with E-state index in [1.165, 1.54) is 51.4 Å². The Morgan fingerprint density at radius 3 is 1.79 bits per heavy atom. The van der Waals surface area contributed by atoms with Gasteiger partial charge in [0.25, 0.3) is 0 Å². The van der Waals surface area contributed by atoms with E-state index in [4.69, 9.17) is 9.47 Å². The molecular formula is C22H42O2. The lowest BCUT2D eigenvalue weighted by Crippen LogP contribution is -2.18. The van der Waals surface area contributed by atoms with Crippen molar-refractivity contribution in [3.8, 4) is 0 Å². The van der Waals surface area contributed by atoms with Gasteiger partial charge in [-0.3, -0.25) is 0 Å². The van der Waals surface area contributed by atoms with Gasteiger partial charge in [-0.25, -0.2) is 0 Å². The van der Waals surface area contributed by atoms with Crippen LogP contribution < -0.4 is 0 Å². The van der Waals surface area contributed by atoms with E-state index in [0.717, 1.165) is 38.9 Å². The van der Waals surface area contributed by atoms with E-state index < -0.39 is 0 Å². The summed E-state index contributed by atoms with van der Waals surface area (Å²) in [5, 5.41) is 0. The Morgan fingerprint density at radius 1 is 0.667 bits per heavy atom. The van der Waals surface area contributed by atoms with Crippen LogP contribution in [0.15, 0.2) is 24.3 Å². The topological polar surface area (TPSA) is 18.5 Å². The molecule has 0 amide bonds. The highest BCUT2D eigenvalue weighted by molar-refractivity contribution is 5.01. The molecule has 0 radical (unpaired) electrons. The molecule has 0 saturated carbocycles. The minimum atomic E-state index is 0.0263. The SMILES string of the molecule is CCC=CC=CCCCCCCCCCC(OCCC)OCCC. The number of hydrogen-bond donors (Lipinski definition) is 0. The summed E-state index contributed by atoms with van der Waals surface area (Å²) < 4.78 is 11.5. The summed E-state index contributed by atoms with van der Waals surface area (Å²) in [5.74, 6) is 0. The molecule has 142 valence electrons. The molecule has 0 saturated heterocycles. The summed E-state index contributed by atoms with van der Waals surface area (Å²) in [6.07, 6.45) is 23.7. The summed E-state index contributed by atoms with van der Waals surface area (Å²) >= 11 is 0. The van der Waals surface area contributed by atoms with Gasteiger partial charge in [0.05, 0.1) is 0 Å². The van der Waals surface area contributed by atoms with Crippen LogP contribution in [0.25, 0.3) is 0 Å². The number of rotatable bonds is 18. The Balaban J connectivity index is 3.41. The molecule has 0 atom stereocenters. The van der Waals surface area contributed by atoms with E-state index >= 15 is 0 Å². The van der Waals surface area contributed by atoms with Crippen molar-refractivity contribution in [1.82, 2.24) is 0 Å². The van der Waals surface area contributed by atoms with Crippen molar-refractivity contribution in [3.63, 3.8) is 0 Å². The quantitative estimate of drug-likeness (QED) is 0.149. The van der Waals surface area contributed by atoms with Gasteiger partial charge >= 0.3 is 0 Å². The van der Waals surface area contributed by atoms with Crippen molar-refractivity contribution >= 4 is 0 Å². The van der Waals surface area contributed by atoms with Crippen LogP contribution in [0.2, 0.25) is 0 Å². The third-order valence-electron chi connectivity index (χ3n) is 3.95. The van der Waals surface area contributed by atoms with Crippen molar-refractivity contribution in [3.05, 3.63) is 24.3 Å². The second-order valence-corrected chi connectivity index (χ2v) is 6.49. The first-order chi connectivity index (χ1) is 11.8. The average Bonchev–Trinajstić information content (AvgIpc) is 2.60. The molecule has 0 aliphatic rings. The van der Waals surface area contributed by atoms with E-state index in [0.29, 0.717) is 0 Å². The molecule has 0 fully saturated rings. The highest BCUT2D eigenvalue weighted by Gasteiger charge is 2.08. The molecule has 0 N–H and O–H groups in total. The second kappa shape index (κ2) is 20.4. The second-order valence-electron chi connectivity index (χ2n) is 6.49. The zero-order valence-corrected chi connectivity index (χ0v) is 16.6. The van der Waals surface area contributed by atoms with E-state index in [9.17, 15) is 0 Å². The molecule has 2 heteroatoms. The fourth-order valence-corrected chi connectivity index (χ4v) is 2.56. The fourth-order valence-electron chi connectivity index (χ4n) is 2.56. The van der Waals surface area contributed by atoms with Crippen molar-refractivity contribution in [2.45, 2.75) is 104 Å². The lowest BCUT2D eigenvalue weighted by Gasteiger charge is -2.18. The Morgan fingerprint density at radius 2 is 1.21 bits per heavy atom. The van der Waals surface area contributed by atoms with E-state index in [2.05, 4.69) is 45.1 Å². The summed E-state index contributed by atoms with van der Waals surface area (Å²) in [6, 6.07) is 0. The van der Waals surface area contributed by atoms with Gasteiger partial charge in [0.2, 0.25) is 0 Å². The smallest absolute Gasteiger partial charge is 0.157 e.